The maximum absolute atomic E-state index is 10.2. The fraction of sp³-hybridized carbons (Fsp3) is 0.250. The molecule has 3 aromatic rings. The molecule has 0 saturated carbocycles. The second-order valence-electron chi connectivity index (χ2n) is 4.62. The van der Waals surface area contributed by atoms with Crippen molar-refractivity contribution < 1.29 is 28.5 Å². The Labute approximate surface area is 126 Å². The molecular weight excluding hydrogens is 288 g/mol. The molecular formula is C16H16O6. The van der Waals surface area contributed by atoms with Crippen LogP contribution in [0.5, 0.6) is 28.7 Å². The van der Waals surface area contributed by atoms with Gasteiger partial charge in [0.05, 0.1) is 28.4 Å². The average molecular weight is 304 g/mol. The van der Waals surface area contributed by atoms with Gasteiger partial charge in [-0.3, -0.25) is 0 Å². The minimum absolute atomic E-state index is 0.0591. The summed E-state index contributed by atoms with van der Waals surface area (Å²) in [6.07, 6.45) is 0. The molecule has 0 aliphatic carbocycles. The van der Waals surface area contributed by atoms with E-state index in [1.54, 1.807) is 19.2 Å². The predicted octanol–water partition coefficient (Wildman–Crippen LogP) is 3.33. The van der Waals surface area contributed by atoms with Crippen molar-refractivity contribution in [3.63, 3.8) is 0 Å². The third kappa shape index (κ3) is 1.80. The van der Waals surface area contributed by atoms with Gasteiger partial charge in [0.15, 0.2) is 22.7 Å². The minimum atomic E-state index is -0.0591. The lowest BCUT2D eigenvalue weighted by atomic mass is 10.1. The van der Waals surface area contributed by atoms with Crippen LogP contribution in [0.1, 0.15) is 0 Å². The summed E-state index contributed by atoms with van der Waals surface area (Å²) in [5, 5.41) is 11.7. The fourth-order valence-corrected chi connectivity index (χ4v) is 2.57. The van der Waals surface area contributed by atoms with Crippen LogP contribution in [0.15, 0.2) is 22.6 Å². The summed E-state index contributed by atoms with van der Waals surface area (Å²) in [7, 11) is 6.07. The van der Waals surface area contributed by atoms with E-state index >= 15 is 0 Å². The van der Waals surface area contributed by atoms with E-state index in [4.69, 9.17) is 23.4 Å². The second kappa shape index (κ2) is 5.22. The van der Waals surface area contributed by atoms with E-state index in [1.807, 2.05) is 6.07 Å². The summed E-state index contributed by atoms with van der Waals surface area (Å²) >= 11 is 0. The third-order valence-electron chi connectivity index (χ3n) is 3.59. The molecule has 0 aliphatic heterocycles. The molecule has 2 aromatic carbocycles. The van der Waals surface area contributed by atoms with Crippen molar-refractivity contribution in [3.05, 3.63) is 18.2 Å². The zero-order valence-electron chi connectivity index (χ0n) is 12.7. The van der Waals surface area contributed by atoms with Crippen molar-refractivity contribution in [1.82, 2.24) is 0 Å². The molecule has 0 spiro atoms. The van der Waals surface area contributed by atoms with E-state index in [-0.39, 0.29) is 5.75 Å². The molecule has 0 saturated heterocycles. The van der Waals surface area contributed by atoms with Gasteiger partial charge < -0.3 is 28.5 Å². The van der Waals surface area contributed by atoms with Gasteiger partial charge in [-0.2, -0.15) is 0 Å². The Balaban J connectivity index is 2.47. The summed E-state index contributed by atoms with van der Waals surface area (Å²) in [5.41, 5.74) is 0.793. The largest absolute Gasteiger partial charge is 0.502 e. The van der Waals surface area contributed by atoms with Crippen LogP contribution in [0, 0.1) is 0 Å². The molecule has 0 amide bonds. The Morgan fingerprint density at radius 2 is 1.45 bits per heavy atom. The molecule has 0 aliphatic rings. The number of hydrogen-bond acceptors (Lipinski definition) is 6. The molecule has 22 heavy (non-hydrogen) atoms. The lowest BCUT2D eigenvalue weighted by molar-refractivity contribution is 0.324. The summed E-state index contributed by atoms with van der Waals surface area (Å²) in [6, 6.07) is 5.27. The molecule has 0 unspecified atom stereocenters. The van der Waals surface area contributed by atoms with E-state index in [0.717, 1.165) is 10.8 Å². The van der Waals surface area contributed by atoms with E-state index in [1.165, 1.54) is 21.3 Å². The van der Waals surface area contributed by atoms with Crippen LogP contribution in [0.4, 0.5) is 0 Å². The number of furan rings is 1. The quantitative estimate of drug-likeness (QED) is 0.797. The van der Waals surface area contributed by atoms with Gasteiger partial charge in [0.2, 0.25) is 17.2 Å². The third-order valence-corrected chi connectivity index (χ3v) is 3.59. The Morgan fingerprint density at radius 3 is 2.05 bits per heavy atom. The molecule has 6 heteroatoms. The van der Waals surface area contributed by atoms with Gasteiger partial charge in [-0.15, -0.1) is 0 Å². The maximum Gasteiger partial charge on any atom is 0.208 e. The first-order chi connectivity index (χ1) is 10.7. The highest BCUT2D eigenvalue weighted by molar-refractivity contribution is 6.10. The summed E-state index contributed by atoms with van der Waals surface area (Å²) in [4.78, 5) is 0. The van der Waals surface area contributed by atoms with Crippen molar-refractivity contribution >= 4 is 21.9 Å². The Kier molecular flexibility index (Phi) is 3.36. The number of methoxy groups -OCH3 is 4. The Bertz CT molecular complexity index is 849. The first-order valence-corrected chi connectivity index (χ1v) is 6.57. The summed E-state index contributed by atoms with van der Waals surface area (Å²) in [5.74, 6) is 1.64. The van der Waals surface area contributed by atoms with E-state index < -0.39 is 0 Å². The van der Waals surface area contributed by atoms with Crippen LogP contribution in [0.25, 0.3) is 21.9 Å². The monoisotopic (exact) mass is 304 g/mol. The lowest BCUT2D eigenvalue weighted by Gasteiger charge is -2.11. The Hall–Kier alpha value is -2.76. The number of fused-ring (bicyclic) bond motifs is 3. The first kappa shape index (κ1) is 14.2. The Morgan fingerprint density at radius 1 is 0.773 bits per heavy atom. The highest BCUT2D eigenvalue weighted by Gasteiger charge is 2.23. The van der Waals surface area contributed by atoms with Gasteiger partial charge in [0.1, 0.15) is 0 Å². The van der Waals surface area contributed by atoms with Gasteiger partial charge in [-0.25, -0.2) is 0 Å². The molecule has 0 fully saturated rings. The predicted molar refractivity (Wildman–Crippen MR) is 81.6 cm³/mol. The zero-order valence-corrected chi connectivity index (χ0v) is 12.7. The molecule has 3 rings (SSSR count). The molecule has 116 valence electrons. The fourth-order valence-electron chi connectivity index (χ4n) is 2.57. The molecule has 6 nitrogen and oxygen atoms in total. The molecule has 1 aromatic heterocycles. The zero-order chi connectivity index (χ0) is 15.9. The number of phenols is 1. The number of hydrogen-bond donors (Lipinski definition) is 1. The number of aromatic hydroxyl groups is 1. The number of rotatable bonds is 4. The SMILES string of the molecule is COc1cc2c(oc3c(O)c(OC)ccc32)c(OC)c1OC. The van der Waals surface area contributed by atoms with Gasteiger partial charge in [-0.05, 0) is 18.2 Å². The van der Waals surface area contributed by atoms with Crippen LogP contribution in [-0.2, 0) is 0 Å². The molecule has 1 heterocycles. The van der Waals surface area contributed by atoms with Crippen molar-refractivity contribution in [3.8, 4) is 28.7 Å². The van der Waals surface area contributed by atoms with Crippen LogP contribution in [0.3, 0.4) is 0 Å². The van der Waals surface area contributed by atoms with Gasteiger partial charge in [-0.1, -0.05) is 0 Å². The number of phenolic OH excluding ortho intramolecular Hbond substituents is 1. The number of ether oxygens (including phenoxy) is 4. The van der Waals surface area contributed by atoms with Gasteiger partial charge in [0.25, 0.3) is 0 Å². The normalized spacial score (nSPS) is 10.9. The highest BCUT2D eigenvalue weighted by Crippen LogP contribution is 2.49. The van der Waals surface area contributed by atoms with Crippen molar-refractivity contribution in [1.29, 1.82) is 0 Å². The summed E-state index contributed by atoms with van der Waals surface area (Å²) < 4.78 is 27.0. The van der Waals surface area contributed by atoms with Crippen molar-refractivity contribution in [2.45, 2.75) is 0 Å². The topological polar surface area (TPSA) is 70.3 Å². The standard InChI is InChI=1S/C16H16O6/c1-18-10-6-5-8-9-7-11(19-2)15(20-3)16(21-4)14(9)22-13(8)12(10)17/h5-7,17H,1-4H3. The average Bonchev–Trinajstić information content (AvgIpc) is 2.92. The van der Waals surface area contributed by atoms with Crippen LogP contribution >= 0.6 is 0 Å². The van der Waals surface area contributed by atoms with E-state index in [0.29, 0.717) is 34.2 Å². The molecule has 1 N–H and O–H groups in total. The van der Waals surface area contributed by atoms with E-state index in [2.05, 4.69) is 0 Å². The molecule has 0 atom stereocenters. The second-order valence-corrected chi connectivity index (χ2v) is 4.62. The molecule has 0 radical (unpaired) electrons. The van der Waals surface area contributed by atoms with E-state index in [9.17, 15) is 5.11 Å². The molecule has 0 bridgehead atoms. The van der Waals surface area contributed by atoms with Gasteiger partial charge >= 0.3 is 0 Å². The number of benzene rings is 2. The van der Waals surface area contributed by atoms with Crippen molar-refractivity contribution in [2.24, 2.45) is 0 Å². The smallest absolute Gasteiger partial charge is 0.208 e. The van der Waals surface area contributed by atoms with Crippen LogP contribution in [0.2, 0.25) is 0 Å². The van der Waals surface area contributed by atoms with Crippen LogP contribution in [-0.4, -0.2) is 33.5 Å². The lowest BCUT2D eigenvalue weighted by Crippen LogP contribution is -1.94. The highest BCUT2D eigenvalue weighted by atomic mass is 16.5. The minimum Gasteiger partial charge on any atom is -0.502 e. The summed E-state index contributed by atoms with van der Waals surface area (Å²) in [6.45, 7) is 0. The maximum atomic E-state index is 10.2. The van der Waals surface area contributed by atoms with Gasteiger partial charge in [0, 0.05) is 10.8 Å². The van der Waals surface area contributed by atoms with Crippen LogP contribution < -0.4 is 18.9 Å². The first-order valence-electron chi connectivity index (χ1n) is 6.57. The van der Waals surface area contributed by atoms with Crippen molar-refractivity contribution in [2.75, 3.05) is 28.4 Å².